The van der Waals surface area contributed by atoms with Crippen molar-refractivity contribution >= 4 is 39.4 Å². The van der Waals surface area contributed by atoms with Crippen LogP contribution in [0.25, 0.3) is 0 Å². The van der Waals surface area contributed by atoms with Crippen molar-refractivity contribution in [1.82, 2.24) is 5.43 Å². The molecule has 0 fully saturated rings. The average molecular weight is 452 g/mol. The molecule has 0 aliphatic rings. The Morgan fingerprint density at radius 3 is 2.57 bits per heavy atom. The standard InChI is InChI=1S/C21H26ClN3O4S/c1-4-5-12-29-19-10-7-17(8-11-19)14-23-24-21(26)15-25(30(3,27)28)20-13-18(22)9-6-16(20)2/h6-11,13-14H,4-5,12,15H2,1-3H3,(H,24,26)/b23-14-. The number of hydrogen-bond acceptors (Lipinski definition) is 5. The van der Waals surface area contributed by atoms with Gasteiger partial charge in [0.05, 0.1) is 24.8 Å². The molecule has 0 radical (unpaired) electrons. The number of hydrogen-bond donors (Lipinski definition) is 1. The highest BCUT2D eigenvalue weighted by atomic mass is 35.5. The van der Waals surface area contributed by atoms with E-state index in [9.17, 15) is 13.2 Å². The number of ether oxygens (including phenoxy) is 1. The van der Waals surface area contributed by atoms with Gasteiger partial charge in [-0.1, -0.05) is 31.0 Å². The van der Waals surface area contributed by atoms with Crippen molar-refractivity contribution in [3.63, 3.8) is 0 Å². The molecule has 2 aromatic rings. The molecule has 0 bridgehead atoms. The molecule has 7 nitrogen and oxygen atoms in total. The van der Waals surface area contributed by atoms with E-state index < -0.39 is 22.5 Å². The molecule has 1 amide bonds. The molecular formula is C21H26ClN3O4S. The molecule has 0 aliphatic heterocycles. The topological polar surface area (TPSA) is 88.1 Å². The van der Waals surface area contributed by atoms with E-state index in [1.165, 1.54) is 12.3 Å². The van der Waals surface area contributed by atoms with Crippen molar-refractivity contribution in [2.24, 2.45) is 5.10 Å². The van der Waals surface area contributed by atoms with Crippen LogP contribution in [-0.4, -0.2) is 39.9 Å². The quantitative estimate of drug-likeness (QED) is 0.338. The number of unbranched alkanes of at least 4 members (excludes halogenated alkanes) is 1. The Balaban J connectivity index is 2.00. The summed E-state index contributed by atoms with van der Waals surface area (Å²) in [5, 5.41) is 4.28. The first-order valence-corrected chi connectivity index (χ1v) is 11.7. The lowest BCUT2D eigenvalue weighted by Crippen LogP contribution is -2.39. The number of carbonyl (C=O) groups is 1. The SMILES string of the molecule is CCCCOc1ccc(/C=N\NC(=O)CN(c2cc(Cl)ccc2C)S(C)(=O)=O)cc1. The second-order valence-corrected chi connectivity index (χ2v) is 9.11. The van der Waals surface area contributed by atoms with Gasteiger partial charge in [0.25, 0.3) is 5.91 Å². The molecular weight excluding hydrogens is 426 g/mol. The fourth-order valence-electron chi connectivity index (χ4n) is 2.56. The van der Waals surface area contributed by atoms with Crippen LogP contribution in [0, 0.1) is 6.92 Å². The fraction of sp³-hybridized carbons (Fsp3) is 0.333. The number of halogens is 1. The zero-order valence-corrected chi connectivity index (χ0v) is 18.8. The van der Waals surface area contributed by atoms with Gasteiger partial charge in [0.2, 0.25) is 10.0 Å². The van der Waals surface area contributed by atoms with Gasteiger partial charge in [-0.25, -0.2) is 13.8 Å². The summed E-state index contributed by atoms with van der Waals surface area (Å²) >= 11 is 5.99. The van der Waals surface area contributed by atoms with Gasteiger partial charge in [0, 0.05) is 5.02 Å². The molecule has 2 rings (SSSR count). The van der Waals surface area contributed by atoms with Crippen LogP contribution in [0.4, 0.5) is 5.69 Å². The summed E-state index contributed by atoms with van der Waals surface area (Å²) in [4.78, 5) is 12.3. The van der Waals surface area contributed by atoms with E-state index in [1.54, 1.807) is 19.1 Å². The molecule has 0 saturated heterocycles. The number of nitrogens with zero attached hydrogens (tertiary/aromatic N) is 2. The second-order valence-electron chi connectivity index (χ2n) is 6.76. The number of carbonyl (C=O) groups excluding carboxylic acids is 1. The zero-order chi connectivity index (χ0) is 22.1. The monoisotopic (exact) mass is 451 g/mol. The summed E-state index contributed by atoms with van der Waals surface area (Å²) in [6, 6.07) is 12.1. The molecule has 0 unspecified atom stereocenters. The zero-order valence-electron chi connectivity index (χ0n) is 17.3. The lowest BCUT2D eigenvalue weighted by Gasteiger charge is -2.23. The Morgan fingerprint density at radius 1 is 1.23 bits per heavy atom. The number of rotatable bonds is 10. The number of aryl methyl sites for hydroxylation is 1. The Bertz CT molecular complexity index is 992. The van der Waals surface area contributed by atoms with E-state index in [-0.39, 0.29) is 0 Å². The van der Waals surface area contributed by atoms with Crippen LogP contribution in [0.3, 0.4) is 0 Å². The van der Waals surface area contributed by atoms with E-state index >= 15 is 0 Å². The van der Waals surface area contributed by atoms with Crippen molar-refractivity contribution in [3.05, 3.63) is 58.6 Å². The van der Waals surface area contributed by atoms with Gasteiger partial charge < -0.3 is 4.74 Å². The third-order valence-corrected chi connectivity index (χ3v) is 5.54. The predicted octanol–water partition coefficient (Wildman–Crippen LogP) is 3.74. The molecule has 0 atom stereocenters. The van der Waals surface area contributed by atoms with Gasteiger partial charge in [-0.3, -0.25) is 9.10 Å². The summed E-state index contributed by atoms with van der Waals surface area (Å²) in [7, 11) is -3.70. The third-order valence-electron chi connectivity index (χ3n) is 4.18. The number of amides is 1. The third kappa shape index (κ3) is 7.35. The van der Waals surface area contributed by atoms with Crippen molar-refractivity contribution < 1.29 is 17.9 Å². The molecule has 30 heavy (non-hydrogen) atoms. The van der Waals surface area contributed by atoms with Crippen molar-refractivity contribution in [1.29, 1.82) is 0 Å². The van der Waals surface area contributed by atoms with E-state index in [2.05, 4.69) is 17.5 Å². The minimum absolute atomic E-state index is 0.350. The molecule has 162 valence electrons. The number of anilines is 1. The molecule has 1 N–H and O–H groups in total. The first-order chi connectivity index (χ1) is 14.2. The summed E-state index contributed by atoms with van der Waals surface area (Å²) in [6.07, 6.45) is 4.57. The molecule has 0 heterocycles. The second kappa shape index (κ2) is 11.0. The van der Waals surface area contributed by atoms with E-state index in [0.29, 0.717) is 22.9 Å². The van der Waals surface area contributed by atoms with Crippen LogP contribution in [-0.2, 0) is 14.8 Å². The van der Waals surface area contributed by atoms with E-state index in [0.717, 1.165) is 34.7 Å². The minimum Gasteiger partial charge on any atom is -0.494 e. The highest BCUT2D eigenvalue weighted by molar-refractivity contribution is 7.92. The van der Waals surface area contributed by atoms with Crippen LogP contribution in [0.15, 0.2) is 47.6 Å². The Kier molecular flexibility index (Phi) is 8.68. The van der Waals surface area contributed by atoms with Crippen LogP contribution < -0.4 is 14.5 Å². The summed E-state index contributed by atoms with van der Waals surface area (Å²) in [6.45, 7) is 4.10. The smallest absolute Gasteiger partial charge is 0.260 e. The molecule has 9 heteroatoms. The van der Waals surface area contributed by atoms with Gasteiger partial charge in [0.1, 0.15) is 12.3 Å². The van der Waals surface area contributed by atoms with Crippen molar-refractivity contribution in [2.75, 3.05) is 23.7 Å². The summed E-state index contributed by atoms with van der Waals surface area (Å²) < 4.78 is 31.0. The largest absolute Gasteiger partial charge is 0.494 e. The Hall–Kier alpha value is -2.58. The number of hydrazone groups is 1. The highest BCUT2D eigenvalue weighted by Gasteiger charge is 2.22. The van der Waals surface area contributed by atoms with Gasteiger partial charge in [-0.05, 0) is 60.9 Å². The minimum atomic E-state index is -3.70. The number of sulfonamides is 1. The normalized spacial score (nSPS) is 11.5. The maximum Gasteiger partial charge on any atom is 0.260 e. The van der Waals surface area contributed by atoms with Gasteiger partial charge >= 0.3 is 0 Å². The van der Waals surface area contributed by atoms with Crippen LogP contribution >= 0.6 is 11.6 Å². The van der Waals surface area contributed by atoms with Gasteiger partial charge in [-0.15, -0.1) is 0 Å². The van der Waals surface area contributed by atoms with Gasteiger partial charge in [0.15, 0.2) is 0 Å². The summed E-state index contributed by atoms with van der Waals surface area (Å²) in [5.74, 6) is 0.195. The van der Waals surface area contributed by atoms with Crippen molar-refractivity contribution in [3.8, 4) is 5.75 Å². The van der Waals surface area contributed by atoms with Crippen molar-refractivity contribution in [2.45, 2.75) is 26.7 Å². The molecule has 0 spiro atoms. The van der Waals surface area contributed by atoms with Crippen LogP contribution in [0.1, 0.15) is 30.9 Å². The lowest BCUT2D eigenvalue weighted by molar-refractivity contribution is -0.119. The Morgan fingerprint density at radius 2 is 1.93 bits per heavy atom. The highest BCUT2D eigenvalue weighted by Crippen LogP contribution is 2.26. The fourth-order valence-corrected chi connectivity index (χ4v) is 3.63. The first-order valence-electron chi connectivity index (χ1n) is 9.49. The van der Waals surface area contributed by atoms with E-state index in [1.807, 2.05) is 24.3 Å². The first kappa shape index (κ1) is 23.7. The van der Waals surface area contributed by atoms with Crippen LogP contribution in [0.5, 0.6) is 5.75 Å². The average Bonchev–Trinajstić information content (AvgIpc) is 2.69. The molecule has 0 aromatic heterocycles. The van der Waals surface area contributed by atoms with E-state index in [4.69, 9.17) is 16.3 Å². The summed E-state index contributed by atoms with van der Waals surface area (Å²) in [5.41, 5.74) is 4.15. The molecule has 0 aliphatic carbocycles. The maximum absolute atomic E-state index is 12.3. The molecule has 0 saturated carbocycles. The number of nitrogens with one attached hydrogen (secondary N) is 1. The van der Waals surface area contributed by atoms with Gasteiger partial charge in [-0.2, -0.15) is 5.10 Å². The maximum atomic E-state index is 12.3. The predicted molar refractivity (Wildman–Crippen MR) is 121 cm³/mol. The molecule has 2 aromatic carbocycles. The lowest BCUT2D eigenvalue weighted by atomic mass is 10.2. The number of benzene rings is 2. The Labute approximate surface area is 182 Å². The van der Waals surface area contributed by atoms with Crippen LogP contribution in [0.2, 0.25) is 5.02 Å².